The zero-order valence-electron chi connectivity index (χ0n) is 25.3. The minimum Gasteiger partial charge on any atom is -0.386 e. The second kappa shape index (κ2) is 10.6. The number of piperidine rings is 1. The van der Waals surface area contributed by atoms with Crippen LogP contribution in [-0.2, 0) is 13.0 Å². The lowest BCUT2D eigenvalue weighted by Gasteiger charge is -2.37. The standard InChI is InChI=1S/C33H40N8O2/c1-5-16-40-31(43)25-20-34-32(35-23-7-8-26(21(2)19-23)39-17-11-24(12-18-39)38(3)4)37-30(25)41(40)27-9-6-22-10-13-33(14-15-33)29(42)28(22)36-27/h5-9,19-20,24,29,42H,1,10-18H2,2-4H3,(H,34,35,37). The number of nitrogens with zero attached hydrogens (tertiary/aromatic N) is 7. The maximum absolute atomic E-state index is 13.4. The van der Waals surface area contributed by atoms with Crippen molar-refractivity contribution in [2.45, 2.75) is 64.1 Å². The van der Waals surface area contributed by atoms with Gasteiger partial charge in [0.1, 0.15) is 11.5 Å². The first-order valence-corrected chi connectivity index (χ1v) is 15.3. The molecule has 224 valence electrons. The van der Waals surface area contributed by atoms with Gasteiger partial charge in [0, 0.05) is 42.1 Å². The number of aromatic nitrogens is 5. The van der Waals surface area contributed by atoms with E-state index in [0.29, 0.717) is 28.8 Å². The van der Waals surface area contributed by atoms with Crippen molar-refractivity contribution in [2.75, 3.05) is 37.4 Å². The first-order chi connectivity index (χ1) is 20.8. The summed E-state index contributed by atoms with van der Waals surface area (Å²) < 4.78 is 3.31. The van der Waals surface area contributed by atoms with Crippen LogP contribution >= 0.6 is 0 Å². The second-order valence-corrected chi connectivity index (χ2v) is 12.7. The molecular weight excluding hydrogens is 540 g/mol. The molecule has 43 heavy (non-hydrogen) atoms. The van der Waals surface area contributed by atoms with Gasteiger partial charge in [-0.1, -0.05) is 12.1 Å². The minimum atomic E-state index is -0.588. The Hall–Kier alpha value is -4.02. The molecule has 2 aliphatic carbocycles. The number of fused-ring (bicyclic) bond motifs is 2. The van der Waals surface area contributed by atoms with Gasteiger partial charge < -0.3 is 20.2 Å². The van der Waals surface area contributed by atoms with Crippen LogP contribution in [0.15, 0.2) is 54.0 Å². The second-order valence-electron chi connectivity index (χ2n) is 12.7. The van der Waals surface area contributed by atoms with E-state index >= 15 is 0 Å². The van der Waals surface area contributed by atoms with Crippen LogP contribution in [0.3, 0.4) is 0 Å². The molecule has 0 radical (unpaired) electrons. The van der Waals surface area contributed by atoms with Crippen molar-refractivity contribution in [2.24, 2.45) is 5.41 Å². The van der Waals surface area contributed by atoms with Gasteiger partial charge in [-0.05, 0) is 94.9 Å². The molecule has 1 atom stereocenters. The number of hydrogen-bond acceptors (Lipinski definition) is 8. The monoisotopic (exact) mass is 580 g/mol. The van der Waals surface area contributed by atoms with E-state index in [1.54, 1.807) is 21.6 Å². The molecule has 0 bridgehead atoms. The van der Waals surface area contributed by atoms with E-state index in [-0.39, 0.29) is 17.5 Å². The fourth-order valence-corrected chi connectivity index (χ4v) is 7.00. The molecule has 2 fully saturated rings. The largest absolute Gasteiger partial charge is 0.386 e. The summed E-state index contributed by atoms with van der Waals surface area (Å²) >= 11 is 0. The summed E-state index contributed by atoms with van der Waals surface area (Å²) in [5.41, 5.74) is 5.33. The van der Waals surface area contributed by atoms with Gasteiger partial charge in [0.15, 0.2) is 11.5 Å². The average molecular weight is 581 g/mol. The summed E-state index contributed by atoms with van der Waals surface area (Å²) in [6, 6.07) is 10.9. The Morgan fingerprint density at radius 2 is 1.93 bits per heavy atom. The number of anilines is 3. The summed E-state index contributed by atoms with van der Waals surface area (Å²) in [5, 5.41) is 14.9. The van der Waals surface area contributed by atoms with E-state index in [1.165, 1.54) is 11.3 Å². The minimum absolute atomic E-state index is 0.0340. The quantitative estimate of drug-likeness (QED) is 0.308. The molecule has 1 saturated heterocycles. The summed E-state index contributed by atoms with van der Waals surface area (Å²) in [7, 11) is 4.33. The van der Waals surface area contributed by atoms with Gasteiger partial charge in [-0.3, -0.25) is 4.79 Å². The molecule has 7 rings (SSSR count). The zero-order chi connectivity index (χ0) is 29.9. The van der Waals surface area contributed by atoms with Crippen molar-refractivity contribution in [3.05, 3.63) is 76.4 Å². The highest BCUT2D eigenvalue weighted by Crippen LogP contribution is 2.60. The SMILES string of the molecule is C=CCn1c(=O)c2cnc(Nc3ccc(N4CCC(N(C)C)CC4)c(C)c3)nc2n1-c1ccc2c(n1)C(O)C1(CC2)CC1. The number of nitrogens with one attached hydrogen (secondary N) is 1. The van der Waals surface area contributed by atoms with Gasteiger partial charge in [-0.2, -0.15) is 4.98 Å². The number of allylic oxidation sites excluding steroid dienone is 1. The molecule has 3 aliphatic rings. The van der Waals surface area contributed by atoms with Crippen molar-refractivity contribution in [1.82, 2.24) is 29.2 Å². The molecular formula is C33H40N8O2. The smallest absolute Gasteiger partial charge is 0.278 e. The maximum atomic E-state index is 13.4. The lowest BCUT2D eigenvalue weighted by atomic mass is 9.82. The van der Waals surface area contributed by atoms with Crippen molar-refractivity contribution < 1.29 is 5.11 Å². The highest BCUT2D eigenvalue weighted by atomic mass is 16.3. The third kappa shape index (κ3) is 4.82. The number of aliphatic hydroxyl groups excluding tert-OH is 1. The van der Waals surface area contributed by atoms with Gasteiger partial charge in [-0.15, -0.1) is 6.58 Å². The Morgan fingerprint density at radius 1 is 1.14 bits per heavy atom. The third-order valence-electron chi connectivity index (χ3n) is 9.80. The normalized spacial score (nSPS) is 19.7. The van der Waals surface area contributed by atoms with Crippen LogP contribution in [0.2, 0.25) is 0 Å². The predicted molar refractivity (Wildman–Crippen MR) is 169 cm³/mol. The number of aliphatic hydroxyl groups is 1. The van der Waals surface area contributed by atoms with Gasteiger partial charge >= 0.3 is 0 Å². The molecule has 0 amide bonds. The van der Waals surface area contributed by atoms with Crippen LogP contribution in [0.5, 0.6) is 0 Å². The number of benzene rings is 1. The molecule has 1 saturated carbocycles. The Balaban J connectivity index is 1.21. The molecule has 4 aromatic rings. The molecule has 2 N–H and O–H groups in total. The lowest BCUT2D eigenvalue weighted by molar-refractivity contribution is 0.0734. The van der Waals surface area contributed by atoms with Crippen LogP contribution < -0.4 is 15.8 Å². The average Bonchev–Trinajstić information content (AvgIpc) is 3.74. The maximum Gasteiger partial charge on any atom is 0.278 e. The molecule has 10 nitrogen and oxygen atoms in total. The Labute approximate surface area is 251 Å². The first-order valence-electron chi connectivity index (χ1n) is 15.3. The summed E-state index contributed by atoms with van der Waals surface area (Å²) in [6.07, 6.45) is 8.96. The fraction of sp³-hybridized carbons (Fsp3) is 0.455. The van der Waals surface area contributed by atoms with Gasteiger partial charge in [0.2, 0.25) is 5.95 Å². The van der Waals surface area contributed by atoms with Crippen LogP contribution in [0.1, 0.15) is 55.0 Å². The van der Waals surface area contributed by atoms with E-state index in [1.807, 2.05) is 12.1 Å². The van der Waals surface area contributed by atoms with Crippen molar-refractivity contribution in [3.8, 4) is 5.82 Å². The number of rotatable bonds is 7. The summed E-state index contributed by atoms with van der Waals surface area (Å²) in [5.74, 6) is 0.943. The van der Waals surface area contributed by atoms with E-state index < -0.39 is 6.10 Å². The topological polar surface area (TPSA) is 104 Å². The van der Waals surface area contributed by atoms with Crippen molar-refractivity contribution in [1.29, 1.82) is 0 Å². The van der Waals surface area contributed by atoms with Gasteiger partial charge in [0.05, 0.1) is 12.2 Å². The number of pyridine rings is 1. The summed E-state index contributed by atoms with van der Waals surface area (Å²) in [6.45, 7) is 8.37. The highest BCUT2D eigenvalue weighted by molar-refractivity contribution is 5.77. The van der Waals surface area contributed by atoms with Crippen molar-refractivity contribution >= 4 is 28.4 Å². The van der Waals surface area contributed by atoms with E-state index in [9.17, 15) is 9.90 Å². The number of hydrogen-bond donors (Lipinski definition) is 2. The van der Waals surface area contributed by atoms with Gasteiger partial charge in [0.25, 0.3) is 5.56 Å². The molecule has 3 aromatic heterocycles. The third-order valence-corrected chi connectivity index (χ3v) is 9.80. The molecule has 4 heterocycles. The Bertz CT molecular complexity index is 1760. The number of aryl methyl sites for hydroxylation is 2. The van der Waals surface area contributed by atoms with Crippen LogP contribution in [-0.4, -0.2) is 67.5 Å². The van der Waals surface area contributed by atoms with Gasteiger partial charge in [-0.25, -0.2) is 19.3 Å². The zero-order valence-corrected chi connectivity index (χ0v) is 25.3. The predicted octanol–water partition coefficient (Wildman–Crippen LogP) is 4.51. The molecule has 1 aliphatic heterocycles. The lowest BCUT2D eigenvalue weighted by Crippen LogP contribution is -2.42. The van der Waals surface area contributed by atoms with Crippen LogP contribution in [0.4, 0.5) is 17.3 Å². The van der Waals surface area contributed by atoms with E-state index in [0.717, 1.165) is 68.6 Å². The Kier molecular flexibility index (Phi) is 6.85. The molecule has 1 unspecified atom stereocenters. The highest BCUT2D eigenvalue weighted by Gasteiger charge is 2.52. The van der Waals surface area contributed by atoms with E-state index in [4.69, 9.17) is 9.97 Å². The van der Waals surface area contributed by atoms with E-state index in [2.05, 4.69) is 65.9 Å². The van der Waals surface area contributed by atoms with Crippen LogP contribution in [0.25, 0.3) is 16.9 Å². The summed E-state index contributed by atoms with van der Waals surface area (Å²) in [4.78, 5) is 32.5. The molecule has 1 spiro atoms. The van der Waals surface area contributed by atoms with Crippen LogP contribution in [0, 0.1) is 12.3 Å². The fourth-order valence-electron chi connectivity index (χ4n) is 7.00. The van der Waals surface area contributed by atoms with Crippen molar-refractivity contribution in [3.63, 3.8) is 0 Å². The Morgan fingerprint density at radius 3 is 2.63 bits per heavy atom. The molecule has 10 heteroatoms. The first kappa shape index (κ1) is 27.8. The molecule has 1 aromatic carbocycles.